The lowest BCUT2D eigenvalue weighted by Gasteiger charge is -2.17. The fraction of sp³-hybridized carbons (Fsp3) is 0.200. The molecule has 2 aromatic rings. The van der Waals surface area contributed by atoms with Crippen LogP contribution in [-0.4, -0.2) is 7.05 Å². The van der Waals surface area contributed by atoms with Gasteiger partial charge in [0.15, 0.2) is 0 Å². The molecule has 0 heterocycles. The lowest BCUT2D eigenvalue weighted by atomic mass is 9.99. The van der Waals surface area contributed by atoms with Gasteiger partial charge in [0, 0.05) is 17.1 Å². The van der Waals surface area contributed by atoms with Crippen LogP contribution in [0.1, 0.15) is 17.2 Å². The van der Waals surface area contributed by atoms with E-state index in [2.05, 4.69) is 5.32 Å². The molecule has 0 bridgehead atoms. The minimum Gasteiger partial charge on any atom is -0.313 e. The van der Waals surface area contributed by atoms with Crippen molar-refractivity contribution in [2.75, 3.05) is 7.05 Å². The third kappa shape index (κ3) is 3.75. The van der Waals surface area contributed by atoms with Crippen LogP contribution in [0, 0.1) is 11.6 Å². The van der Waals surface area contributed by atoms with Crippen molar-refractivity contribution >= 4 is 11.6 Å². The second kappa shape index (κ2) is 6.13. The average Bonchev–Trinajstić information content (AvgIpc) is 2.37. The Labute approximate surface area is 116 Å². The zero-order valence-electron chi connectivity index (χ0n) is 10.5. The van der Waals surface area contributed by atoms with E-state index in [-0.39, 0.29) is 6.04 Å². The number of halogens is 3. The Hall–Kier alpha value is -1.45. The van der Waals surface area contributed by atoms with Crippen molar-refractivity contribution in [2.24, 2.45) is 0 Å². The zero-order chi connectivity index (χ0) is 13.8. The van der Waals surface area contributed by atoms with Gasteiger partial charge in [0.05, 0.1) is 0 Å². The van der Waals surface area contributed by atoms with Gasteiger partial charge in [0.2, 0.25) is 0 Å². The Kier molecular flexibility index (Phi) is 4.51. The molecular formula is C15H14ClF2N. The average molecular weight is 282 g/mol. The molecule has 0 radical (unpaired) electrons. The van der Waals surface area contributed by atoms with Gasteiger partial charge < -0.3 is 5.32 Å². The summed E-state index contributed by atoms with van der Waals surface area (Å²) in [6, 6.07) is 10.8. The van der Waals surface area contributed by atoms with Crippen molar-refractivity contribution in [1.29, 1.82) is 0 Å². The van der Waals surface area contributed by atoms with Crippen LogP contribution in [0.4, 0.5) is 8.78 Å². The standard InChI is InChI=1S/C15H14ClF2N/c1-19-15(6-10-2-4-12(16)5-3-10)11-7-13(17)9-14(18)8-11/h2-5,7-9,15,19H,6H2,1H3. The molecule has 2 rings (SSSR count). The molecule has 1 N–H and O–H groups in total. The van der Waals surface area contributed by atoms with Crippen molar-refractivity contribution < 1.29 is 8.78 Å². The molecule has 1 atom stereocenters. The third-order valence-corrected chi connectivity index (χ3v) is 3.24. The first kappa shape index (κ1) is 14.0. The summed E-state index contributed by atoms with van der Waals surface area (Å²) < 4.78 is 26.5. The summed E-state index contributed by atoms with van der Waals surface area (Å²) in [5.41, 5.74) is 1.64. The van der Waals surface area contributed by atoms with Gasteiger partial charge in [-0.2, -0.15) is 0 Å². The maximum absolute atomic E-state index is 13.2. The molecule has 0 aromatic heterocycles. The molecule has 1 unspecified atom stereocenters. The highest BCUT2D eigenvalue weighted by Gasteiger charge is 2.12. The third-order valence-electron chi connectivity index (χ3n) is 2.99. The Morgan fingerprint density at radius 1 is 1.05 bits per heavy atom. The van der Waals surface area contributed by atoms with Gasteiger partial charge >= 0.3 is 0 Å². The van der Waals surface area contributed by atoms with Crippen LogP contribution in [0.25, 0.3) is 0 Å². The number of hydrogen-bond donors (Lipinski definition) is 1. The summed E-state index contributed by atoms with van der Waals surface area (Å²) in [7, 11) is 1.77. The quantitative estimate of drug-likeness (QED) is 0.889. The van der Waals surface area contributed by atoms with Crippen molar-refractivity contribution in [3.63, 3.8) is 0 Å². The fourth-order valence-corrected chi connectivity index (χ4v) is 2.15. The van der Waals surface area contributed by atoms with E-state index in [0.29, 0.717) is 17.0 Å². The van der Waals surface area contributed by atoms with E-state index < -0.39 is 11.6 Å². The molecule has 100 valence electrons. The highest BCUT2D eigenvalue weighted by molar-refractivity contribution is 6.30. The Morgan fingerprint density at radius 3 is 2.16 bits per heavy atom. The highest BCUT2D eigenvalue weighted by Crippen LogP contribution is 2.21. The smallest absolute Gasteiger partial charge is 0.126 e. The molecule has 0 saturated heterocycles. The van der Waals surface area contributed by atoms with Crippen molar-refractivity contribution in [2.45, 2.75) is 12.5 Å². The van der Waals surface area contributed by atoms with Crippen LogP contribution in [0.3, 0.4) is 0 Å². The molecular weight excluding hydrogens is 268 g/mol. The Morgan fingerprint density at radius 2 is 1.63 bits per heavy atom. The predicted octanol–water partition coefficient (Wildman–Crippen LogP) is 4.12. The van der Waals surface area contributed by atoms with E-state index in [4.69, 9.17) is 11.6 Å². The van der Waals surface area contributed by atoms with Crippen LogP contribution < -0.4 is 5.32 Å². The van der Waals surface area contributed by atoms with E-state index >= 15 is 0 Å². The minimum atomic E-state index is -0.564. The summed E-state index contributed by atoms with van der Waals surface area (Å²) in [5, 5.41) is 3.74. The second-order valence-electron chi connectivity index (χ2n) is 4.37. The molecule has 2 aromatic carbocycles. The van der Waals surface area contributed by atoms with Crippen LogP contribution in [0.15, 0.2) is 42.5 Å². The first-order chi connectivity index (χ1) is 9.08. The summed E-state index contributed by atoms with van der Waals surface area (Å²) in [6.45, 7) is 0. The monoisotopic (exact) mass is 281 g/mol. The largest absolute Gasteiger partial charge is 0.313 e. The van der Waals surface area contributed by atoms with E-state index in [1.165, 1.54) is 12.1 Å². The van der Waals surface area contributed by atoms with Crippen LogP contribution in [0.2, 0.25) is 5.02 Å². The molecule has 0 aliphatic rings. The summed E-state index contributed by atoms with van der Waals surface area (Å²) >= 11 is 5.83. The Balaban J connectivity index is 2.22. The van der Waals surface area contributed by atoms with Gasteiger partial charge in [-0.15, -0.1) is 0 Å². The first-order valence-electron chi connectivity index (χ1n) is 5.96. The lowest BCUT2D eigenvalue weighted by Crippen LogP contribution is -2.19. The number of likely N-dealkylation sites (N-methyl/N-ethyl adjacent to an activating group) is 1. The summed E-state index contributed by atoms with van der Waals surface area (Å²) in [5.74, 6) is -1.13. The highest BCUT2D eigenvalue weighted by atomic mass is 35.5. The zero-order valence-corrected chi connectivity index (χ0v) is 11.2. The molecule has 1 nitrogen and oxygen atoms in total. The van der Waals surface area contributed by atoms with E-state index in [9.17, 15) is 8.78 Å². The molecule has 0 saturated carbocycles. The van der Waals surface area contributed by atoms with E-state index in [1.807, 2.05) is 12.1 Å². The maximum atomic E-state index is 13.2. The first-order valence-corrected chi connectivity index (χ1v) is 6.34. The van der Waals surface area contributed by atoms with Crippen LogP contribution in [-0.2, 0) is 6.42 Å². The number of hydrogen-bond acceptors (Lipinski definition) is 1. The van der Waals surface area contributed by atoms with Gasteiger partial charge in [-0.25, -0.2) is 8.78 Å². The van der Waals surface area contributed by atoms with E-state index in [1.54, 1.807) is 19.2 Å². The number of nitrogens with one attached hydrogen (secondary N) is 1. The predicted molar refractivity (Wildman–Crippen MR) is 73.3 cm³/mol. The fourth-order valence-electron chi connectivity index (χ4n) is 2.02. The number of rotatable bonds is 4. The number of benzene rings is 2. The molecule has 0 spiro atoms. The topological polar surface area (TPSA) is 12.0 Å². The van der Waals surface area contributed by atoms with Crippen molar-refractivity contribution in [3.05, 3.63) is 70.2 Å². The SMILES string of the molecule is CNC(Cc1ccc(Cl)cc1)c1cc(F)cc(F)c1. The minimum absolute atomic E-state index is 0.147. The van der Waals surface area contributed by atoms with Gasteiger partial charge in [0.1, 0.15) is 11.6 Å². The molecule has 0 amide bonds. The van der Waals surface area contributed by atoms with Gasteiger partial charge in [-0.1, -0.05) is 23.7 Å². The van der Waals surface area contributed by atoms with Gasteiger partial charge in [0.25, 0.3) is 0 Å². The lowest BCUT2D eigenvalue weighted by molar-refractivity contribution is 0.551. The maximum Gasteiger partial charge on any atom is 0.126 e. The Bertz CT molecular complexity index is 534. The molecule has 19 heavy (non-hydrogen) atoms. The normalized spacial score (nSPS) is 12.4. The molecule has 0 fully saturated rings. The summed E-state index contributed by atoms with van der Waals surface area (Å²) in [6.07, 6.45) is 0.635. The summed E-state index contributed by atoms with van der Waals surface area (Å²) in [4.78, 5) is 0. The van der Waals surface area contributed by atoms with Gasteiger partial charge in [-0.3, -0.25) is 0 Å². The molecule has 0 aliphatic carbocycles. The van der Waals surface area contributed by atoms with Crippen molar-refractivity contribution in [3.8, 4) is 0 Å². The molecule has 4 heteroatoms. The molecule has 0 aliphatic heterocycles. The van der Waals surface area contributed by atoms with E-state index in [0.717, 1.165) is 11.6 Å². The second-order valence-corrected chi connectivity index (χ2v) is 4.81. The van der Waals surface area contributed by atoms with Crippen molar-refractivity contribution in [1.82, 2.24) is 5.32 Å². The van der Waals surface area contributed by atoms with Crippen LogP contribution >= 0.6 is 11.6 Å². The van der Waals surface area contributed by atoms with Crippen LogP contribution in [0.5, 0.6) is 0 Å². The van der Waals surface area contributed by atoms with Gasteiger partial charge in [-0.05, 0) is 48.9 Å².